The molecule has 1 aromatic rings. The van der Waals surface area contributed by atoms with Crippen LogP contribution in [0.25, 0.3) is 0 Å². The predicted molar refractivity (Wildman–Crippen MR) is 89.3 cm³/mol. The van der Waals surface area contributed by atoms with E-state index < -0.39 is 6.10 Å². The van der Waals surface area contributed by atoms with Crippen molar-refractivity contribution in [3.63, 3.8) is 0 Å². The first kappa shape index (κ1) is 16.3. The van der Waals surface area contributed by atoms with Gasteiger partial charge in [0.1, 0.15) is 0 Å². The van der Waals surface area contributed by atoms with Crippen molar-refractivity contribution in [2.45, 2.75) is 44.1 Å². The molecule has 1 unspecified atom stereocenters. The number of rotatable bonds is 5. The highest BCUT2D eigenvalue weighted by Gasteiger charge is 2.18. The third-order valence-corrected chi connectivity index (χ3v) is 5.12. The summed E-state index contributed by atoms with van der Waals surface area (Å²) in [6.07, 6.45) is 5.80. The smallest absolute Gasteiger partial charge is 0.0942 e. The zero-order valence-corrected chi connectivity index (χ0v) is 14.6. The molecule has 0 heterocycles. The second-order valence-electron chi connectivity index (χ2n) is 5.41. The van der Waals surface area contributed by atoms with Crippen molar-refractivity contribution in [1.29, 1.82) is 0 Å². The van der Waals surface area contributed by atoms with Crippen LogP contribution in [-0.2, 0) is 0 Å². The van der Waals surface area contributed by atoms with E-state index in [-0.39, 0.29) is 6.61 Å². The number of anilines is 1. The number of aliphatic hydroxyl groups is 2. The summed E-state index contributed by atoms with van der Waals surface area (Å²) in [6, 6.07) is 4.35. The van der Waals surface area contributed by atoms with Crippen molar-refractivity contribution in [1.82, 2.24) is 0 Å². The SMILES string of the molecule is OCC(O)CNc1c(Br)cc(C2CCCCC2)cc1Br. The van der Waals surface area contributed by atoms with Gasteiger partial charge < -0.3 is 15.5 Å². The second-order valence-corrected chi connectivity index (χ2v) is 7.12. The van der Waals surface area contributed by atoms with E-state index in [1.165, 1.54) is 37.7 Å². The summed E-state index contributed by atoms with van der Waals surface area (Å²) in [5.74, 6) is 0.661. The topological polar surface area (TPSA) is 52.5 Å². The monoisotopic (exact) mass is 405 g/mol. The van der Waals surface area contributed by atoms with Crippen LogP contribution >= 0.6 is 31.9 Å². The molecule has 0 bridgehead atoms. The van der Waals surface area contributed by atoms with E-state index in [0.29, 0.717) is 12.5 Å². The Balaban J connectivity index is 2.11. The summed E-state index contributed by atoms with van der Waals surface area (Å²) >= 11 is 7.20. The Bertz CT molecular complexity index is 424. The van der Waals surface area contributed by atoms with Crippen molar-refractivity contribution in [2.75, 3.05) is 18.5 Å². The number of halogens is 2. The fourth-order valence-corrected chi connectivity index (χ4v) is 4.22. The average Bonchev–Trinajstić information content (AvgIpc) is 2.46. The maximum Gasteiger partial charge on any atom is 0.0942 e. The van der Waals surface area contributed by atoms with Gasteiger partial charge in [0.2, 0.25) is 0 Å². The molecule has 1 saturated carbocycles. The fourth-order valence-electron chi connectivity index (χ4n) is 2.72. The standard InChI is InChI=1S/C15H21Br2NO2/c16-13-6-11(10-4-2-1-3-5-10)7-14(17)15(13)18-8-12(20)9-19/h6-7,10,12,18-20H,1-5,8-9H2. The first-order valence-electron chi connectivity index (χ1n) is 7.13. The van der Waals surface area contributed by atoms with E-state index in [9.17, 15) is 5.11 Å². The van der Waals surface area contributed by atoms with Gasteiger partial charge in [0, 0.05) is 15.5 Å². The second kappa shape index (κ2) is 7.78. The van der Waals surface area contributed by atoms with Crippen molar-refractivity contribution < 1.29 is 10.2 Å². The molecule has 2 rings (SSSR count). The van der Waals surface area contributed by atoms with E-state index in [2.05, 4.69) is 49.3 Å². The largest absolute Gasteiger partial charge is 0.394 e. The highest BCUT2D eigenvalue weighted by molar-refractivity contribution is 9.11. The maximum atomic E-state index is 9.42. The Labute approximate surface area is 137 Å². The van der Waals surface area contributed by atoms with Crippen molar-refractivity contribution in [3.8, 4) is 0 Å². The lowest BCUT2D eigenvalue weighted by Crippen LogP contribution is -2.23. The van der Waals surface area contributed by atoms with Gasteiger partial charge in [-0.2, -0.15) is 0 Å². The molecule has 0 saturated heterocycles. The average molecular weight is 407 g/mol. The molecule has 0 aliphatic heterocycles. The number of aliphatic hydroxyl groups excluding tert-OH is 2. The molecule has 112 valence electrons. The van der Waals surface area contributed by atoms with Crippen LogP contribution in [0.4, 0.5) is 5.69 Å². The first-order valence-corrected chi connectivity index (χ1v) is 8.72. The third kappa shape index (κ3) is 4.20. The van der Waals surface area contributed by atoms with Gasteiger partial charge in [0.25, 0.3) is 0 Å². The first-order chi connectivity index (χ1) is 9.61. The quantitative estimate of drug-likeness (QED) is 0.691. The van der Waals surface area contributed by atoms with Crippen LogP contribution in [0.1, 0.15) is 43.6 Å². The van der Waals surface area contributed by atoms with Crippen LogP contribution in [0.5, 0.6) is 0 Å². The lowest BCUT2D eigenvalue weighted by molar-refractivity contribution is 0.105. The molecule has 1 aliphatic rings. The minimum Gasteiger partial charge on any atom is -0.394 e. The minimum atomic E-state index is -0.744. The normalized spacial score (nSPS) is 18.0. The van der Waals surface area contributed by atoms with Gasteiger partial charge >= 0.3 is 0 Å². The van der Waals surface area contributed by atoms with Gasteiger partial charge in [-0.05, 0) is 68.3 Å². The third-order valence-electron chi connectivity index (χ3n) is 3.87. The van der Waals surface area contributed by atoms with Crippen LogP contribution in [0, 0.1) is 0 Å². The van der Waals surface area contributed by atoms with Gasteiger partial charge in [-0.1, -0.05) is 19.3 Å². The molecular formula is C15H21Br2NO2. The highest BCUT2D eigenvalue weighted by Crippen LogP contribution is 2.39. The Kier molecular flexibility index (Phi) is 6.33. The summed E-state index contributed by atoms with van der Waals surface area (Å²) in [6.45, 7) is 0.0961. The van der Waals surface area contributed by atoms with Crippen molar-refractivity contribution in [2.24, 2.45) is 0 Å². The van der Waals surface area contributed by atoms with Gasteiger partial charge in [0.15, 0.2) is 0 Å². The van der Waals surface area contributed by atoms with E-state index >= 15 is 0 Å². The molecule has 1 atom stereocenters. The molecule has 1 aromatic carbocycles. The molecule has 1 fully saturated rings. The molecule has 0 spiro atoms. The summed E-state index contributed by atoms with van der Waals surface area (Å²) in [5.41, 5.74) is 2.30. The summed E-state index contributed by atoms with van der Waals surface area (Å²) in [7, 11) is 0. The molecule has 0 radical (unpaired) electrons. The van der Waals surface area contributed by atoms with Crippen LogP contribution in [0.15, 0.2) is 21.1 Å². The highest BCUT2D eigenvalue weighted by atomic mass is 79.9. The maximum absolute atomic E-state index is 9.42. The van der Waals surface area contributed by atoms with E-state index in [1.54, 1.807) is 0 Å². The molecular weight excluding hydrogens is 386 g/mol. The molecule has 1 aliphatic carbocycles. The number of hydrogen-bond donors (Lipinski definition) is 3. The lowest BCUT2D eigenvalue weighted by atomic mass is 9.84. The molecule has 0 aromatic heterocycles. The Morgan fingerprint density at radius 3 is 2.30 bits per heavy atom. The van der Waals surface area contributed by atoms with Gasteiger partial charge in [0.05, 0.1) is 18.4 Å². The minimum absolute atomic E-state index is 0.234. The number of nitrogens with one attached hydrogen (secondary N) is 1. The summed E-state index contributed by atoms with van der Waals surface area (Å²) in [5, 5.41) is 21.4. The Hall–Kier alpha value is -0.100. The molecule has 20 heavy (non-hydrogen) atoms. The molecule has 3 nitrogen and oxygen atoms in total. The predicted octanol–water partition coefficient (Wildman–Crippen LogP) is 4.02. The van der Waals surface area contributed by atoms with Gasteiger partial charge in [-0.25, -0.2) is 0 Å². The number of hydrogen-bond acceptors (Lipinski definition) is 3. The zero-order valence-electron chi connectivity index (χ0n) is 11.4. The van der Waals surface area contributed by atoms with E-state index in [0.717, 1.165) is 14.6 Å². The van der Waals surface area contributed by atoms with Crippen LogP contribution in [0.2, 0.25) is 0 Å². The lowest BCUT2D eigenvalue weighted by Gasteiger charge is -2.23. The summed E-state index contributed by atoms with van der Waals surface area (Å²) < 4.78 is 2.00. The molecule has 5 heteroatoms. The van der Waals surface area contributed by atoms with Gasteiger partial charge in [-0.3, -0.25) is 0 Å². The van der Waals surface area contributed by atoms with E-state index in [4.69, 9.17) is 5.11 Å². The number of benzene rings is 1. The van der Waals surface area contributed by atoms with Gasteiger partial charge in [-0.15, -0.1) is 0 Å². The fraction of sp³-hybridized carbons (Fsp3) is 0.600. The molecule has 0 amide bonds. The Morgan fingerprint density at radius 2 is 1.75 bits per heavy atom. The van der Waals surface area contributed by atoms with E-state index in [1.807, 2.05) is 0 Å². The van der Waals surface area contributed by atoms with Crippen LogP contribution in [-0.4, -0.2) is 29.5 Å². The molecule has 3 N–H and O–H groups in total. The van der Waals surface area contributed by atoms with Crippen LogP contribution in [0.3, 0.4) is 0 Å². The van der Waals surface area contributed by atoms with Crippen molar-refractivity contribution in [3.05, 3.63) is 26.6 Å². The Morgan fingerprint density at radius 1 is 1.15 bits per heavy atom. The summed E-state index contributed by atoms with van der Waals surface area (Å²) in [4.78, 5) is 0. The van der Waals surface area contributed by atoms with Crippen LogP contribution < -0.4 is 5.32 Å². The van der Waals surface area contributed by atoms with Crippen molar-refractivity contribution >= 4 is 37.5 Å². The zero-order chi connectivity index (χ0) is 14.5.